The molecular formula is C34H55F3N2O2. The van der Waals surface area contributed by atoms with Gasteiger partial charge in [-0.25, -0.2) is 0 Å². The first-order valence-corrected chi connectivity index (χ1v) is 15.4. The largest absolute Gasteiger partial charge is 0.416 e. The normalized spacial score (nSPS) is 14.7. The number of halogens is 3. The summed E-state index contributed by atoms with van der Waals surface area (Å²) >= 11 is 0. The summed E-state index contributed by atoms with van der Waals surface area (Å²) in [6.45, 7) is 17.3. The fourth-order valence-corrected chi connectivity index (χ4v) is 4.26. The lowest BCUT2D eigenvalue weighted by molar-refractivity contribution is -0.138. The first-order valence-electron chi connectivity index (χ1n) is 15.4. The summed E-state index contributed by atoms with van der Waals surface area (Å²) in [5, 5.41) is 2.86. The van der Waals surface area contributed by atoms with Gasteiger partial charge in [0.2, 0.25) is 5.91 Å². The number of carbonyl (C=O) groups excluding carboxylic acids is 2. The van der Waals surface area contributed by atoms with Crippen LogP contribution in [0.4, 0.5) is 13.2 Å². The number of carbonyl (C=O) groups is 2. The second-order valence-electron chi connectivity index (χ2n) is 11.1. The van der Waals surface area contributed by atoms with E-state index >= 15 is 0 Å². The maximum Gasteiger partial charge on any atom is 0.416 e. The third kappa shape index (κ3) is 18.5. The van der Waals surface area contributed by atoms with Gasteiger partial charge >= 0.3 is 6.18 Å². The van der Waals surface area contributed by atoms with E-state index in [1.165, 1.54) is 49.8 Å². The van der Waals surface area contributed by atoms with E-state index in [0.717, 1.165) is 56.0 Å². The molecule has 1 saturated heterocycles. The van der Waals surface area contributed by atoms with Crippen molar-refractivity contribution in [2.45, 2.75) is 118 Å². The Hall–Kier alpha value is -2.57. The zero-order valence-electron chi connectivity index (χ0n) is 26.4. The van der Waals surface area contributed by atoms with Crippen LogP contribution in [-0.4, -0.2) is 29.7 Å². The molecule has 1 atom stereocenters. The number of benzene rings is 1. The highest BCUT2D eigenvalue weighted by Crippen LogP contribution is 2.29. The molecule has 0 spiro atoms. The van der Waals surface area contributed by atoms with E-state index in [2.05, 4.69) is 32.7 Å². The van der Waals surface area contributed by atoms with Gasteiger partial charge in [-0.15, -0.1) is 0 Å². The molecule has 234 valence electrons. The molecule has 41 heavy (non-hydrogen) atoms. The second kappa shape index (κ2) is 22.1. The molecule has 1 unspecified atom stereocenters. The summed E-state index contributed by atoms with van der Waals surface area (Å²) in [6.07, 6.45) is 10.5. The Morgan fingerprint density at radius 3 is 2.07 bits per heavy atom. The van der Waals surface area contributed by atoms with Gasteiger partial charge in [0.15, 0.2) is 0 Å². The fraction of sp³-hybridized carbons (Fsp3) is 0.647. The molecule has 1 N–H and O–H groups in total. The van der Waals surface area contributed by atoms with Crippen molar-refractivity contribution in [3.05, 3.63) is 59.9 Å². The van der Waals surface area contributed by atoms with Crippen molar-refractivity contribution in [1.29, 1.82) is 0 Å². The lowest BCUT2D eigenvalue weighted by atomic mass is 9.90. The molecule has 1 aliphatic rings. The Labute approximate surface area is 247 Å². The molecule has 0 aliphatic carbocycles. The van der Waals surface area contributed by atoms with Crippen LogP contribution in [0.1, 0.15) is 117 Å². The Morgan fingerprint density at radius 2 is 1.61 bits per heavy atom. The SMILES string of the molecule is C=CN/C=C(\C)CCC(C)=O.CCCC.CCCCC1CCN(C(=O)C(C)CCc2ccc(C(F)(F)F)cc2)CC1. The summed E-state index contributed by atoms with van der Waals surface area (Å²) in [6, 6.07) is 5.25. The van der Waals surface area contributed by atoms with Gasteiger partial charge in [-0.2, -0.15) is 13.2 Å². The van der Waals surface area contributed by atoms with Crippen molar-refractivity contribution in [1.82, 2.24) is 10.2 Å². The number of piperidine rings is 1. The zero-order chi connectivity index (χ0) is 31.3. The summed E-state index contributed by atoms with van der Waals surface area (Å²) in [5.74, 6) is 1.08. The molecule has 7 heteroatoms. The molecule has 1 heterocycles. The van der Waals surface area contributed by atoms with Crippen molar-refractivity contribution in [2.75, 3.05) is 13.1 Å². The van der Waals surface area contributed by atoms with Crippen LogP contribution < -0.4 is 5.32 Å². The minimum atomic E-state index is -4.30. The van der Waals surface area contributed by atoms with Gasteiger partial charge in [-0.1, -0.05) is 84.1 Å². The molecule has 1 fully saturated rings. The highest BCUT2D eigenvalue weighted by atomic mass is 19.4. The van der Waals surface area contributed by atoms with E-state index in [1.807, 2.05) is 24.9 Å². The topological polar surface area (TPSA) is 49.4 Å². The number of Topliss-reactive ketones (excluding diaryl/α,β-unsaturated/α-hetero) is 1. The molecule has 4 nitrogen and oxygen atoms in total. The van der Waals surface area contributed by atoms with Gasteiger partial charge in [0.1, 0.15) is 5.78 Å². The number of allylic oxidation sites excluding steroid dienone is 1. The monoisotopic (exact) mass is 580 g/mol. The Morgan fingerprint density at radius 1 is 1.02 bits per heavy atom. The van der Waals surface area contributed by atoms with E-state index in [1.54, 1.807) is 13.1 Å². The van der Waals surface area contributed by atoms with E-state index in [9.17, 15) is 22.8 Å². The average Bonchev–Trinajstić information content (AvgIpc) is 2.96. The highest BCUT2D eigenvalue weighted by molar-refractivity contribution is 5.78. The summed E-state index contributed by atoms with van der Waals surface area (Å²) in [4.78, 5) is 25.1. The number of unbranched alkanes of at least 4 members (excludes halogenated alkanes) is 2. The van der Waals surface area contributed by atoms with E-state index in [0.29, 0.717) is 19.3 Å². The zero-order valence-corrected chi connectivity index (χ0v) is 26.4. The molecule has 1 aromatic carbocycles. The standard InChI is InChI=1S/C21H30F3NO.C9H15NO.C4H10/c1-3-4-5-17-12-14-25(15-13-17)20(26)16(2)6-7-18-8-10-19(11-9-18)21(22,23)24;1-4-10-7-8(2)5-6-9(3)11;1-3-4-2/h8-11,16-17H,3-7,12-15H2,1-2H3;4,7,10H,1,5-6H2,2-3H3;3-4H2,1-2H3/b;8-7+;. The number of hydrogen-bond donors (Lipinski definition) is 1. The lowest BCUT2D eigenvalue weighted by Gasteiger charge is -2.33. The second-order valence-corrected chi connectivity index (χ2v) is 11.1. The Kier molecular flexibility index (Phi) is 20.7. The van der Waals surface area contributed by atoms with Crippen LogP contribution in [0.15, 0.2) is 48.8 Å². The first kappa shape index (κ1) is 38.4. The van der Waals surface area contributed by atoms with E-state index in [-0.39, 0.29) is 17.6 Å². The number of alkyl halides is 3. The number of amides is 1. The van der Waals surface area contributed by atoms with Gasteiger partial charge in [-0.05, 0) is 82.0 Å². The van der Waals surface area contributed by atoms with Crippen LogP contribution >= 0.6 is 0 Å². The fourth-order valence-electron chi connectivity index (χ4n) is 4.26. The van der Waals surface area contributed by atoms with Crippen LogP contribution in [-0.2, 0) is 22.2 Å². The molecule has 1 aliphatic heterocycles. The van der Waals surface area contributed by atoms with E-state index in [4.69, 9.17) is 0 Å². The molecule has 1 amide bonds. The third-order valence-corrected chi connectivity index (χ3v) is 7.28. The first-order chi connectivity index (χ1) is 19.4. The van der Waals surface area contributed by atoms with Gasteiger partial charge < -0.3 is 15.0 Å². The van der Waals surface area contributed by atoms with Crippen molar-refractivity contribution in [3.63, 3.8) is 0 Å². The van der Waals surface area contributed by atoms with Crippen LogP contribution in [0.3, 0.4) is 0 Å². The van der Waals surface area contributed by atoms with Crippen molar-refractivity contribution < 1.29 is 22.8 Å². The van der Waals surface area contributed by atoms with Crippen LogP contribution in [0.5, 0.6) is 0 Å². The minimum absolute atomic E-state index is 0.0931. The average molecular weight is 581 g/mol. The Balaban J connectivity index is 0.000000886. The van der Waals surface area contributed by atoms with Crippen LogP contribution in [0.2, 0.25) is 0 Å². The van der Waals surface area contributed by atoms with Crippen molar-refractivity contribution >= 4 is 11.7 Å². The lowest BCUT2D eigenvalue weighted by Crippen LogP contribution is -2.41. The molecule has 0 aromatic heterocycles. The van der Waals surface area contributed by atoms with Crippen molar-refractivity contribution in [2.24, 2.45) is 11.8 Å². The van der Waals surface area contributed by atoms with Gasteiger partial charge in [0.25, 0.3) is 0 Å². The number of rotatable bonds is 13. The van der Waals surface area contributed by atoms with E-state index < -0.39 is 11.7 Å². The summed E-state index contributed by atoms with van der Waals surface area (Å²) < 4.78 is 37.8. The van der Waals surface area contributed by atoms with Crippen LogP contribution in [0.25, 0.3) is 0 Å². The molecule has 0 saturated carbocycles. The van der Waals surface area contributed by atoms with Crippen LogP contribution in [0, 0.1) is 11.8 Å². The molecule has 0 radical (unpaired) electrons. The third-order valence-electron chi connectivity index (χ3n) is 7.28. The number of nitrogens with zero attached hydrogens (tertiary/aromatic N) is 1. The minimum Gasteiger partial charge on any atom is -0.368 e. The quantitative estimate of drug-likeness (QED) is 0.253. The molecule has 1 aromatic rings. The number of aryl methyl sites for hydroxylation is 1. The predicted octanol–water partition coefficient (Wildman–Crippen LogP) is 9.50. The van der Waals surface area contributed by atoms with Gasteiger partial charge in [0.05, 0.1) is 5.56 Å². The van der Waals surface area contributed by atoms with Gasteiger partial charge in [-0.3, -0.25) is 4.79 Å². The predicted molar refractivity (Wildman–Crippen MR) is 165 cm³/mol. The number of hydrogen-bond acceptors (Lipinski definition) is 3. The molecule has 0 bridgehead atoms. The summed E-state index contributed by atoms with van der Waals surface area (Å²) in [5.41, 5.74) is 1.38. The highest BCUT2D eigenvalue weighted by Gasteiger charge is 2.30. The number of nitrogens with one attached hydrogen (secondary N) is 1. The molecular weight excluding hydrogens is 525 g/mol. The maximum absolute atomic E-state index is 12.6. The number of likely N-dealkylation sites (tertiary alicyclic amines) is 1. The smallest absolute Gasteiger partial charge is 0.368 e. The number of ketones is 1. The summed E-state index contributed by atoms with van der Waals surface area (Å²) in [7, 11) is 0. The van der Waals surface area contributed by atoms with Gasteiger partial charge in [0, 0.05) is 25.4 Å². The maximum atomic E-state index is 12.6. The Bertz CT molecular complexity index is 884. The molecule has 2 rings (SSSR count). The van der Waals surface area contributed by atoms with Crippen molar-refractivity contribution in [3.8, 4) is 0 Å².